The van der Waals surface area contributed by atoms with E-state index in [1.54, 1.807) is 32.3 Å². The first-order valence-corrected chi connectivity index (χ1v) is 8.38. The number of aryl methyl sites for hydroxylation is 1. The van der Waals surface area contributed by atoms with Crippen molar-refractivity contribution in [1.82, 2.24) is 10.2 Å². The van der Waals surface area contributed by atoms with Crippen molar-refractivity contribution in [3.63, 3.8) is 0 Å². The van der Waals surface area contributed by atoms with Gasteiger partial charge in [0.1, 0.15) is 0 Å². The molecule has 1 N–H and O–H groups in total. The Bertz CT molecular complexity index is 719. The van der Waals surface area contributed by atoms with Gasteiger partial charge in [-0.05, 0) is 42.2 Å². The van der Waals surface area contributed by atoms with Crippen molar-refractivity contribution in [2.45, 2.75) is 12.8 Å². The highest BCUT2D eigenvalue weighted by Gasteiger charge is 2.06. The molecule has 2 aromatic rings. The zero-order chi connectivity index (χ0) is 18.1. The van der Waals surface area contributed by atoms with Crippen LogP contribution in [0.2, 0.25) is 0 Å². The van der Waals surface area contributed by atoms with Crippen LogP contribution in [0.15, 0.2) is 60.7 Å². The van der Waals surface area contributed by atoms with E-state index in [-0.39, 0.29) is 11.8 Å². The van der Waals surface area contributed by atoms with E-state index in [1.807, 2.05) is 30.3 Å². The molecule has 0 atom stereocenters. The lowest BCUT2D eigenvalue weighted by Crippen LogP contribution is -2.22. The molecule has 0 spiro atoms. The summed E-state index contributed by atoms with van der Waals surface area (Å²) in [6.45, 7) is 0.647. The Morgan fingerprint density at radius 2 is 1.68 bits per heavy atom. The van der Waals surface area contributed by atoms with Crippen LogP contribution in [0.4, 0.5) is 0 Å². The predicted octanol–water partition coefficient (Wildman–Crippen LogP) is 3.15. The molecular formula is C21H24N2O2. The number of carbonyl (C=O) groups is 2. The molecule has 0 fully saturated rings. The van der Waals surface area contributed by atoms with E-state index < -0.39 is 0 Å². The van der Waals surface area contributed by atoms with E-state index in [0.717, 1.165) is 18.4 Å². The average Bonchev–Trinajstić information content (AvgIpc) is 2.64. The smallest absolute Gasteiger partial charge is 0.253 e. The van der Waals surface area contributed by atoms with Crippen molar-refractivity contribution in [3.05, 3.63) is 77.4 Å². The third-order valence-electron chi connectivity index (χ3n) is 3.78. The molecule has 0 unspecified atom stereocenters. The lowest BCUT2D eigenvalue weighted by atomic mass is 10.1. The van der Waals surface area contributed by atoms with E-state index in [2.05, 4.69) is 17.4 Å². The first-order valence-electron chi connectivity index (χ1n) is 8.38. The van der Waals surface area contributed by atoms with Gasteiger partial charge in [0.05, 0.1) is 0 Å². The maximum atomic E-state index is 11.8. The molecule has 0 saturated heterocycles. The van der Waals surface area contributed by atoms with Gasteiger partial charge < -0.3 is 10.2 Å². The van der Waals surface area contributed by atoms with Crippen LogP contribution >= 0.6 is 0 Å². The van der Waals surface area contributed by atoms with E-state index in [9.17, 15) is 9.59 Å². The number of hydrogen-bond acceptors (Lipinski definition) is 2. The summed E-state index contributed by atoms with van der Waals surface area (Å²) in [5.41, 5.74) is 2.79. The number of rotatable bonds is 7. The minimum atomic E-state index is -0.110. The van der Waals surface area contributed by atoms with E-state index in [0.29, 0.717) is 12.1 Å². The van der Waals surface area contributed by atoms with E-state index >= 15 is 0 Å². The fourth-order valence-corrected chi connectivity index (χ4v) is 2.37. The molecule has 130 valence electrons. The van der Waals surface area contributed by atoms with Crippen LogP contribution in [0.3, 0.4) is 0 Å². The van der Waals surface area contributed by atoms with Gasteiger partial charge in [-0.3, -0.25) is 9.59 Å². The molecule has 0 saturated carbocycles. The average molecular weight is 336 g/mol. The van der Waals surface area contributed by atoms with Crippen LogP contribution in [0.1, 0.15) is 27.9 Å². The summed E-state index contributed by atoms with van der Waals surface area (Å²) in [4.78, 5) is 25.2. The van der Waals surface area contributed by atoms with Gasteiger partial charge in [0.2, 0.25) is 5.91 Å². The molecule has 0 aromatic heterocycles. The highest BCUT2D eigenvalue weighted by Crippen LogP contribution is 2.08. The molecule has 0 aliphatic carbocycles. The predicted molar refractivity (Wildman–Crippen MR) is 101 cm³/mol. The summed E-state index contributed by atoms with van der Waals surface area (Å²) in [6, 6.07) is 17.4. The number of amides is 2. The van der Waals surface area contributed by atoms with Gasteiger partial charge in [0.15, 0.2) is 0 Å². The highest BCUT2D eigenvalue weighted by molar-refractivity contribution is 5.94. The first kappa shape index (κ1) is 18.5. The van der Waals surface area contributed by atoms with Gasteiger partial charge in [-0.25, -0.2) is 0 Å². The van der Waals surface area contributed by atoms with Gasteiger partial charge in [-0.2, -0.15) is 0 Å². The zero-order valence-electron chi connectivity index (χ0n) is 14.7. The molecule has 0 heterocycles. The van der Waals surface area contributed by atoms with Crippen LogP contribution in [0.25, 0.3) is 6.08 Å². The van der Waals surface area contributed by atoms with Crippen LogP contribution in [-0.4, -0.2) is 37.4 Å². The molecule has 2 aromatic carbocycles. The lowest BCUT2D eigenvalue weighted by molar-refractivity contribution is -0.116. The Morgan fingerprint density at radius 3 is 2.32 bits per heavy atom. The van der Waals surface area contributed by atoms with Crippen LogP contribution < -0.4 is 5.32 Å². The molecule has 0 bridgehead atoms. The number of hydrogen-bond donors (Lipinski definition) is 1. The SMILES string of the molecule is CN(C)C(=O)c1ccc(/C=C/C(=O)NCCCc2ccccc2)cc1. The van der Waals surface area contributed by atoms with Crippen molar-refractivity contribution in [2.75, 3.05) is 20.6 Å². The summed E-state index contributed by atoms with van der Waals surface area (Å²) in [5, 5.41) is 2.88. The molecular weight excluding hydrogens is 312 g/mol. The molecule has 0 aliphatic rings. The topological polar surface area (TPSA) is 49.4 Å². The minimum Gasteiger partial charge on any atom is -0.353 e. The Labute approximate surface area is 149 Å². The van der Waals surface area contributed by atoms with Gasteiger partial charge in [0, 0.05) is 32.3 Å². The monoisotopic (exact) mass is 336 g/mol. The summed E-state index contributed by atoms with van der Waals surface area (Å²) in [6.07, 6.45) is 5.12. The van der Waals surface area contributed by atoms with Crippen LogP contribution in [0.5, 0.6) is 0 Å². The lowest BCUT2D eigenvalue weighted by Gasteiger charge is -2.09. The summed E-state index contributed by atoms with van der Waals surface area (Å²) in [5.74, 6) is -0.145. The second kappa shape index (κ2) is 9.42. The fraction of sp³-hybridized carbons (Fsp3) is 0.238. The molecule has 2 amide bonds. The van der Waals surface area contributed by atoms with Crippen molar-refractivity contribution in [2.24, 2.45) is 0 Å². The number of benzene rings is 2. The number of nitrogens with zero attached hydrogens (tertiary/aromatic N) is 1. The Kier molecular flexibility index (Phi) is 6.96. The Morgan fingerprint density at radius 1 is 1.00 bits per heavy atom. The maximum Gasteiger partial charge on any atom is 0.253 e. The summed E-state index contributed by atoms with van der Waals surface area (Å²) < 4.78 is 0. The summed E-state index contributed by atoms with van der Waals surface area (Å²) in [7, 11) is 3.44. The largest absolute Gasteiger partial charge is 0.353 e. The van der Waals surface area contributed by atoms with Crippen molar-refractivity contribution in [3.8, 4) is 0 Å². The molecule has 25 heavy (non-hydrogen) atoms. The molecule has 4 nitrogen and oxygen atoms in total. The van der Waals surface area contributed by atoms with E-state index in [1.165, 1.54) is 16.5 Å². The van der Waals surface area contributed by atoms with Crippen molar-refractivity contribution in [1.29, 1.82) is 0 Å². The fourth-order valence-electron chi connectivity index (χ4n) is 2.37. The van der Waals surface area contributed by atoms with Gasteiger partial charge in [0.25, 0.3) is 5.91 Å². The van der Waals surface area contributed by atoms with Gasteiger partial charge >= 0.3 is 0 Å². The van der Waals surface area contributed by atoms with E-state index in [4.69, 9.17) is 0 Å². The molecule has 4 heteroatoms. The molecule has 2 rings (SSSR count). The third-order valence-corrected chi connectivity index (χ3v) is 3.78. The first-order chi connectivity index (χ1) is 12.1. The maximum absolute atomic E-state index is 11.8. The normalized spacial score (nSPS) is 10.6. The van der Waals surface area contributed by atoms with Gasteiger partial charge in [-0.15, -0.1) is 0 Å². The van der Waals surface area contributed by atoms with Crippen LogP contribution in [0, 0.1) is 0 Å². The highest BCUT2D eigenvalue weighted by atomic mass is 16.2. The van der Waals surface area contributed by atoms with Crippen molar-refractivity contribution >= 4 is 17.9 Å². The third kappa shape index (κ3) is 6.26. The number of carbonyl (C=O) groups excluding carboxylic acids is 2. The van der Waals surface area contributed by atoms with Crippen LogP contribution in [-0.2, 0) is 11.2 Å². The quantitative estimate of drug-likeness (QED) is 0.624. The minimum absolute atomic E-state index is 0.0355. The summed E-state index contributed by atoms with van der Waals surface area (Å²) >= 11 is 0. The Hall–Kier alpha value is -2.88. The second-order valence-electron chi connectivity index (χ2n) is 6.04. The standard InChI is InChI=1S/C21H24N2O2/c1-23(2)21(25)19-13-10-18(11-14-19)12-15-20(24)22-16-6-9-17-7-4-3-5-8-17/h3-5,7-8,10-15H,6,9,16H2,1-2H3,(H,22,24)/b15-12+. The molecule has 0 radical (unpaired) electrons. The number of nitrogens with one attached hydrogen (secondary N) is 1. The van der Waals surface area contributed by atoms with Crippen molar-refractivity contribution < 1.29 is 9.59 Å². The second-order valence-corrected chi connectivity index (χ2v) is 6.04. The Balaban J connectivity index is 1.75. The molecule has 0 aliphatic heterocycles. The van der Waals surface area contributed by atoms with Gasteiger partial charge in [-0.1, -0.05) is 42.5 Å². The zero-order valence-corrected chi connectivity index (χ0v) is 14.7.